The molecule has 0 saturated heterocycles. The first-order valence-electron chi connectivity index (χ1n) is 11.8. The SMILES string of the molecule is Cc1ccccc1-c1cccc2c(CCCOc3cccc4ccccc34)c(-c3nn[nH]n3)[nH]c12. The Balaban J connectivity index is 1.32. The Hall–Kier alpha value is -4.45. The Morgan fingerprint density at radius 3 is 2.46 bits per heavy atom. The quantitative estimate of drug-likeness (QED) is 0.268. The van der Waals surface area contributed by atoms with Crippen LogP contribution in [0.1, 0.15) is 17.5 Å². The van der Waals surface area contributed by atoms with E-state index in [1.807, 2.05) is 24.3 Å². The zero-order valence-corrected chi connectivity index (χ0v) is 19.5. The Kier molecular flexibility index (Phi) is 5.47. The maximum absolute atomic E-state index is 6.21. The lowest BCUT2D eigenvalue weighted by Crippen LogP contribution is -2.00. The Bertz CT molecular complexity index is 1610. The van der Waals surface area contributed by atoms with Crippen molar-refractivity contribution in [3.05, 3.63) is 96.1 Å². The molecule has 6 aromatic rings. The summed E-state index contributed by atoms with van der Waals surface area (Å²) < 4.78 is 6.21. The summed E-state index contributed by atoms with van der Waals surface area (Å²) in [6.45, 7) is 2.76. The summed E-state index contributed by atoms with van der Waals surface area (Å²) in [5.41, 5.74) is 6.79. The number of nitrogens with zero attached hydrogens (tertiary/aromatic N) is 3. The molecule has 0 aliphatic carbocycles. The Morgan fingerprint density at radius 1 is 0.800 bits per heavy atom. The molecule has 0 spiro atoms. The summed E-state index contributed by atoms with van der Waals surface area (Å²) in [4.78, 5) is 3.62. The third-order valence-corrected chi connectivity index (χ3v) is 6.52. The minimum absolute atomic E-state index is 0.571. The van der Waals surface area contributed by atoms with Crippen molar-refractivity contribution in [2.75, 3.05) is 6.61 Å². The zero-order chi connectivity index (χ0) is 23.6. The minimum atomic E-state index is 0.571. The van der Waals surface area contributed by atoms with E-state index >= 15 is 0 Å². The van der Waals surface area contributed by atoms with Crippen molar-refractivity contribution in [2.24, 2.45) is 0 Å². The molecule has 6 heteroatoms. The van der Waals surface area contributed by atoms with Gasteiger partial charge in [0.15, 0.2) is 0 Å². The molecule has 0 aliphatic rings. The molecule has 0 amide bonds. The lowest BCUT2D eigenvalue weighted by molar-refractivity contribution is 0.315. The van der Waals surface area contributed by atoms with Gasteiger partial charge in [-0.1, -0.05) is 78.9 Å². The molecule has 0 aliphatic heterocycles. The van der Waals surface area contributed by atoms with Crippen molar-refractivity contribution < 1.29 is 4.74 Å². The number of benzene rings is 4. The van der Waals surface area contributed by atoms with E-state index in [0.29, 0.717) is 12.4 Å². The van der Waals surface area contributed by atoms with Gasteiger partial charge in [-0.15, -0.1) is 10.2 Å². The predicted molar refractivity (Wildman–Crippen MR) is 139 cm³/mol. The van der Waals surface area contributed by atoms with Crippen LogP contribution in [0.15, 0.2) is 84.9 Å². The number of hydrogen-bond donors (Lipinski definition) is 2. The van der Waals surface area contributed by atoms with Crippen LogP contribution in [0, 0.1) is 6.92 Å². The van der Waals surface area contributed by atoms with E-state index in [9.17, 15) is 0 Å². The van der Waals surface area contributed by atoms with Gasteiger partial charge in [-0.25, -0.2) is 0 Å². The molecule has 6 rings (SSSR count). The van der Waals surface area contributed by atoms with Crippen LogP contribution in [0.5, 0.6) is 5.75 Å². The zero-order valence-electron chi connectivity index (χ0n) is 19.5. The van der Waals surface area contributed by atoms with Crippen molar-refractivity contribution in [3.8, 4) is 28.4 Å². The van der Waals surface area contributed by atoms with Crippen LogP contribution in [0.25, 0.3) is 44.3 Å². The highest BCUT2D eigenvalue weighted by Crippen LogP contribution is 2.36. The van der Waals surface area contributed by atoms with E-state index in [4.69, 9.17) is 4.74 Å². The number of aromatic nitrogens is 5. The third-order valence-electron chi connectivity index (χ3n) is 6.52. The summed E-state index contributed by atoms with van der Waals surface area (Å²) in [6, 6.07) is 29.4. The van der Waals surface area contributed by atoms with Crippen LogP contribution < -0.4 is 4.74 Å². The third kappa shape index (κ3) is 3.93. The number of aromatic amines is 2. The number of aryl methyl sites for hydroxylation is 2. The first-order chi connectivity index (χ1) is 17.3. The van der Waals surface area contributed by atoms with Crippen LogP contribution in [0.4, 0.5) is 0 Å². The smallest absolute Gasteiger partial charge is 0.221 e. The van der Waals surface area contributed by atoms with Crippen LogP contribution in [-0.2, 0) is 6.42 Å². The Labute approximate surface area is 203 Å². The van der Waals surface area contributed by atoms with Crippen molar-refractivity contribution in [3.63, 3.8) is 0 Å². The molecule has 35 heavy (non-hydrogen) atoms. The molecule has 0 radical (unpaired) electrons. The fourth-order valence-electron chi connectivity index (χ4n) is 4.84. The maximum Gasteiger partial charge on any atom is 0.221 e. The van der Waals surface area contributed by atoms with E-state index < -0.39 is 0 Å². The second kappa shape index (κ2) is 9.06. The molecule has 2 heterocycles. The summed E-state index contributed by atoms with van der Waals surface area (Å²) in [7, 11) is 0. The van der Waals surface area contributed by atoms with Gasteiger partial charge >= 0.3 is 0 Å². The number of tetrazole rings is 1. The summed E-state index contributed by atoms with van der Waals surface area (Å²) >= 11 is 0. The highest BCUT2D eigenvalue weighted by atomic mass is 16.5. The highest BCUT2D eigenvalue weighted by Gasteiger charge is 2.19. The second-order valence-electron chi connectivity index (χ2n) is 8.69. The fourth-order valence-corrected chi connectivity index (χ4v) is 4.84. The van der Waals surface area contributed by atoms with E-state index in [-0.39, 0.29) is 0 Å². The minimum Gasteiger partial charge on any atom is -0.493 e. The maximum atomic E-state index is 6.21. The molecule has 0 fully saturated rings. The number of H-pyrrole nitrogens is 2. The van der Waals surface area contributed by atoms with Crippen molar-refractivity contribution in [2.45, 2.75) is 19.8 Å². The summed E-state index contributed by atoms with van der Waals surface area (Å²) in [5.74, 6) is 1.49. The monoisotopic (exact) mass is 459 g/mol. The molecule has 0 unspecified atom stereocenters. The van der Waals surface area contributed by atoms with Crippen molar-refractivity contribution in [1.82, 2.24) is 25.6 Å². The molecular weight excluding hydrogens is 434 g/mol. The normalized spacial score (nSPS) is 11.3. The molecule has 0 saturated carbocycles. The highest BCUT2D eigenvalue weighted by molar-refractivity contribution is 6.00. The van der Waals surface area contributed by atoms with E-state index in [2.05, 4.69) is 93.2 Å². The molecule has 0 bridgehead atoms. The van der Waals surface area contributed by atoms with Gasteiger partial charge in [0.05, 0.1) is 17.8 Å². The molecule has 172 valence electrons. The van der Waals surface area contributed by atoms with Crippen molar-refractivity contribution in [1.29, 1.82) is 0 Å². The second-order valence-corrected chi connectivity index (χ2v) is 8.69. The summed E-state index contributed by atoms with van der Waals surface area (Å²) in [6.07, 6.45) is 1.68. The first-order valence-corrected chi connectivity index (χ1v) is 11.8. The largest absolute Gasteiger partial charge is 0.493 e. The molecule has 2 aromatic heterocycles. The van der Waals surface area contributed by atoms with Crippen LogP contribution in [0.3, 0.4) is 0 Å². The molecule has 6 nitrogen and oxygen atoms in total. The number of ether oxygens (including phenoxy) is 1. The van der Waals surface area contributed by atoms with Gasteiger partial charge in [0.2, 0.25) is 5.82 Å². The molecule has 0 atom stereocenters. The lowest BCUT2D eigenvalue weighted by atomic mass is 9.97. The number of para-hydroxylation sites is 1. The van der Waals surface area contributed by atoms with Gasteiger partial charge < -0.3 is 9.72 Å². The van der Waals surface area contributed by atoms with Gasteiger partial charge in [0, 0.05) is 16.3 Å². The summed E-state index contributed by atoms with van der Waals surface area (Å²) in [5, 5.41) is 18.4. The Morgan fingerprint density at radius 2 is 1.57 bits per heavy atom. The number of rotatable bonds is 7. The van der Waals surface area contributed by atoms with Gasteiger partial charge in [0.1, 0.15) is 5.75 Å². The average molecular weight is 460 g/mol. The molecule has 4 aromatic carbocycles. The number of hydrogen-bond acceptors (Lipinski definition) is 4. The van der Waals surface area contributed by atoms with Gasteiger partial charge in [0.25, 0.3) is 0 Å². The van der Waals surface area contributed by atoms with Gasteiger partial charge in [-0.2, -0.15) is 5.21 Å². The topological polar surface area (TPSA) is 79.5 Å². The predicted octanol–water partition coefficient (Wildman–Crippen LogP) is 6.49. The van der Waals surface area contributed by atoms with E-state index in [1.165, 1.54) is 33.0 Å². The molecular formula is C29H25N5O. The fraction of sp³-hybridized carbons (Fsp3) is 0.138. The van der Waals surface area contributed by atoms with E-state index in [0.717, 1.165) is 35.2 Å². The first kappa shape index (κ1) is 21.1. The number of fused-ring (bicyclic) bond motifs is 2. The average Bonchev–Trinajstić information content (AvgIpc) is 3.55. The van der Waals surface area contributed by atoms with Crippen LogP contribution in [-0.4, -0.2) is 32.2 Å². The lowest BCUT2D eigenvalue weighted by Gasteiger charge is -2.10. The van der Waals surface area contributed by atoms with Gasteiger partial charge in [-0.3, -0.25) is 0 Å². The molecule has 2 N–H and O–H groups in total. The van der Waals surface area contributed by atoms with E-state index in [1.54, 1.807) is 0 Å². The van der Waals surface area contributed by atoms with Crippen LogP contribution >= 0.6 is 0 Å². The number of nitrogens with one attached hydrogen (secondary N) is 2. The standard InChI is InChI=1S/C29H25N5O/c1-19-9-2-4-12-21(19)23-14-7-15-24-25(28(30-27(23)24)29-31-33-34-32-29)16-8-18-35-26-17-6-11-20-10-3-5-13-22(20)26/h2-7,9-15,17,30H,8,16,18H2,1H3,(H,31,32,33,34). The van der Waals surface area contributed by atoms with Crippen LogP contribution in [0.2, 0.25) is 0 Å². The van der Waals surface area contributed by atoms with Crippen molar-refractivity contribution >= 4 is 21.7 Å². The van der Waals surface area contributed by atoms with Gasteiger partial charge in [-0.05, 0) is 53.1 Å².